The van der Waals surface area contributed by atoms with Crippen LogP contribution < -0.4 is 11.1 Å². The molecule has 1 aliphatic carbocycles. The summed E-state index contributed by atoms with van der Waals surface area (Å²) in [6.45, 7) is 3.45. The molecule has 17 heteroatoms. The molecule has 1 fully saturated rings. The van der Waals surface area contributed by atoms with Gasteiger partial charge in [0.2, 0.25) is 0 Å². The topological polar surface area (TPSA) is 156 Å². The van der Waals surface area contributed by atoms with Gasteiger partial charge in [0.05, 0.1) is 34.3 Å². The summed E-state index contributed by atoms with van der Waals surface area (Å²) in [5.41, 5.74) is 3.13. The molecule has 0 saturated heterocycles. The molecule has 2 aromatic carbocycles. The quantitative estimate of drug-likeness (QED) is 0.134. The average molecular weight is 744 g/mol. The minimum Gasteiger partial charge on any atom is -0.447 e. The zero-order valence-corrected chi connectivity index (χ0v) is 29.6. The number of halogens is 5. The molecule has 276 valence electrons. The van der Waals surface area contributed by atoms with Crippen LogP contribution in [0, 0.1) is 5.41 Å². The number of amides is 2. The van der Waals surface area contributed by atoms with E-state index < -0.39 is 66.4 Å². The lowest BCUT2D eigenvalue weighted by molar-refractivity contribution is -0.218. The summed E-state index contributed by atoms with van der Waals surface area (Å²) in [6.07, 6.45) is 0.461. The molecule has 0 bridgehead atoms. The number of aromatic nitrogens is 5. The molecule has 0 unspecified atom stereocenters. The van der Waals surface area contributed by atoms with Crippen LogP contribution in [0.2, 0.25) is 5.02 Å². The van der Waals surface area contributed by atoms with Crippen molar-refractivity contribution in [2.24, 2.45) is 16.1 Å². The number of nitrogens with zero attached hydrogens (tertiary/aromatic N) is 6. The molecule has 2 aromatic heterocycles. The Labute approximate surface area is 301 Å². The molecule has 2 aliphatic rings. The number of alkyl halides is 4. The third-order valence-corrected chi connectivity index (χ3v) is 9.64. The van der Waals surface area contributed by atoms with E-state index in [2.05, 4.69) is 30.6 Å². The second-order valence-electron chi connectivity index (χ2n) is 14.4. The molecule has 52 heavy (non-hydrogen) atoms. The first-order chi connectivity index (χ1) is 24.4. The number of guanidine groups is 1. The lowest BCUT2D eigenvalue weighted by atomic mass is 9.74. The van der Waals surface area contributed by atoms with Crippen LogP contribution in [0.5, 0.6) is 0 Å². The number of hydrogen-bond acceptors (Lipinski definition) is 8. The van der Waals surface area contributed by atoms with Crippen molar-refractivity contribution >= 4 is 29.6 Å². The van der Waals surface area contributed by atoms with Crippen LogP contribution in [0.4, 0.5) is 22.4 Å². The fourth-order valence-electron chi connectivity index (χ4n) is 6.10. The minimum atomic E-state index is -4.72. The Morgan fingerprint density at radius 1 is 1.13 bits per heavy atom. The number of rotatable bonds is 12. The zero-order chi connectivity index (χ0) is 37.6. The molecule has 1 aliphatic heterocycles. The van der Waals surface area contributed by atoms with Gasteiger partial charge in [-0.05, 0) is 61.9 Å². The van der Waals surface area contributed by atoms with Gasteiger partial charge in [0.25, 0.3) is 5.91 Å². The van der Waals surface area contributed by atoms with E-state index in [4.69, 9.17) is 22.1 Å². The SMILES string of the molecule is CC(C)(CF)NC(=O)OC[C@H](c1ccc(Cl)c(-c2ncn[nH]2)c1)N1C(=O)[C@@](CC(C)(C)C(F)(F)F)(c2ccc(-c3cnn(C4CC4)c3)cc2)N=C1N. The first kappa shape index (κ1) is 36.8. The first-order valence-electron chi connectivity index (χ1n) is 16.5. The van der Waals surface area contributed by atoms with E-state index in [1.165, 1.54) is 26.2 Å². The van der Waals surface area contributed by atoms with Gasteiger partial charge in [-0.3, -0.25) is 19.5 Å². The van der Waals surface area contributed by atoms with Gasteiger partial charge in [-0.15, -0.1) is 0 Å². The summed E-state index contributed by atoms with van der Waals surface area (Å²) in [4.78, 5) is 37.4. The highest BCUT2D eigenvalue weighted by molar-refractivity contribution is 6.33. The Bertz CT molecular complexity index is 1980. The molecule has 6 rings (SSSR count). The average Bonchev–Trinajstić information content (AvgIpc) is 3.45. The normalized spacial score (nSPS) is 18.8. The van der Waals surface area contributed by atoms with Crippen molar-refractivity contribution in [1.82, 2.24) is 35.2 Å². The molecule has 0 spiro atoms. The smallest absolute Gasteiger partial charge is 0.407 e. The number of nitrogens with two attached hydrogens (primary N) is 1. The minimum absolute atomic E-state index is 0.180. The van der Waals surface area contributed by atoms with Gasteiger partial charge in [0.1, 0.15) is 19.6 Å². The molecule has 2 amide bonds. The first-order valence-corrected chi connectivity index (χ1v) is 16.9. The van der Waals surface area contributed by atoms with E-state index in [0.717, 1.165) is 42.7 Å². The number of nitrogens with one attached hydrogen (secondary N) is 2. The van der Waals surface area contributed by atoms with Gasteiger partial charge in [-0.25, -0.2) is 19.2 Å². The number of ether oxygens (including phenoxy) is 1. The van der Waals surface area contributed by atoms with Crippen LogP contribution in [0.25, 0.3) is 22.5 Å². The standard InChI is InChI=1S/C35H38ClF4N9O3/c1-32(2,35(38,39)40)17-34(23-8-5-20(6-9-23)22-14-44-48(15-22)24-10-11-24)29(50)49(30(41)45-34)27(16-52-31(51)46-33(3,4)18-37)21-7-12-26(36)25(13-21)28-42-19-43-47-28/h5-9,12-15,19,24,27H,10-11,16-18H2,1-4H3,(H2,41,45)(H,46,51)(H,42,43,47)/t27-,34-/m1/s1. The van der Waals surface area contributed by atoms with Gasteiger partial charge < -0.3 is 15.8 Å². The monoisotopic (exact) mass is 743 g/mol. The van der Waals surface area contributed by atoms with Gasteiger partial charge in [0, 0.05) is 17.3 Å². The summed E-state index contributed by atoms with van der Waals surface area (Å²) >= 11 is 6.48. The predicted octanol–water partition coefficient (Wildman–Crippen LogP) is 6.87. The van der Waals surface area contributed by atoms with E-state index in [0.29, 0.717) is 17.2 Å². The Kier molecular flexibility index (Phi) is 9.57. The number of carbonyl (C=O) groups excluding carboxylic acids is 2. The summed E-state index contributed by atoms with van der Waals surface area (Å²) in [5.74, 6) is -0.981. The van der Waals surface area contributed by atoms with Crippen LogP contribution in [0.15, 0.2) is 66.2 Å². The maximum atomic E-state index is 14.9. The highest BCUT2D eigenvalue weighted by Gasteiger charge is 2.59. The van der Waals surface area contributed by atoms with E-state index in [9.17, 15) is 27.2 Å². The van der Waals surface area contributed by atoms with Crippen LogP contribution in [-0.4, -0.2) is 72.8 Å². The Hall–Kier alpha value is -4.99. The van der Waals surface area contributed by atoms with Gasteiger partial charge in [0.15, 0.2) is 17.3 Å². The molecular weight excluding hydrogens is 706 g/mol. The highest BCUT2D eigenvalue weighted by Crippen LogP contribution is 2.51. The predicted molar refractivity (Wildman–Crippen MR) is 185 cm³/mol. The fraction of sp³-hybridized carbons (Fsp3) is 0.429. The van der Waals surface area contributed by atoms with E-state index in [1.54, 1.807) is 42.6 Å². The Balaban J connectivity index is 1.42. The van der Waals surface area contributed by atoms with E-state index >= 15 is 0 Å². The summed E-state index contributed by atoms with van der Waals surface area (Å²) in [6, 6.07) is 10.3. The van der Waals surface area contributed by atoms with Crippen molar-refractivity contribution in [3.63, 3.8) is 0 Å². The number of aromatic amines is 1. The van der Waals surface area contributed by atoms with Crippen molar-refractivity contribution in [3.8, 4) is 22.5 Å². The van der Waals surface area contributed by atoms with Crippen molar-refractivity contribution in [1.29, 1.82) is 0 Å². The van der Waals surface area contributed by atoms with Gasteiger partial charge >= 0.3 is 12.3 Å². The molecule has 2 atom stereocenters. The van der Waals surface area contributed by atoms with Crippen LogP contribution >= 0.6 is 11.6 Å². The second-order valence-corrected chi connectivity index (χ2v) is 14.8. The third kappa shape index (κ3) is 7.20. The lowest BCUT2D eigenvalue weighted by Gasteiger charge is -2.37. The van der Waals surface area contributed by atoms with Crippen molar-refractivity contribution in [2.45, 2.75) is 76.3 Å². The zero-order valence-electron chi connectivity index (χ0n) is 28.8. The Morgan fingerprint density at radius 2 is 1.85 bits per heavy atom. The third-order valence-electron chi connectivity index (χ3n) is 9.31. The Morgan fingerprint density at radius 3 is 2.46 bits per heavy atom. The summed E-state index contributed by atoms with van der Waals surface area (Å²) < 4.78 is 64.5. The van der Waals surface area contributed by atoms with Crippen LogP contribution in [-0.2, 0) is 15.1 Å². The highest BCUT2D eigenvalue weighted by atomic mass is 35.5. The number of benzene rings is 2. The number of aliphatic imine (C=N–C) groups is 1. The number of carbonyl (C=O) groups is 2. The number of H-pyrrole nitrogens is 1. The fourth-order valence-corrected chi connectivity index (χ4v) is 6.31. The molecule has 4 aromatic rings. The molecule has 4 N–H and O–H groups in total. The molecule has 0 radical (unpaired) electrons. The molecule has 1 saturated carbocycles. The van der Waals surface area contributed by atoms with Crippen molar-refractivity contribution < 1.29 is 31.9 Å². The molecular formula is C35H38ClF4N9O3. The van der Waals surface area contributed by atoms with Gasteiger partial charge in [-0.2, -0.15) is 23.4 Å². The second kappa shape index (κ2) is 13.5. The van der Waals surface area contributed by atoms with Crippen molar-refractivity contribution in [2.75, 3.05) is 13.3 Å². The van der Waals surface area contributed by atoms with E-state index in [-0.39, 0.29) is 16.4 Å². The molecule has 3 heterocycles. The summed E-state index contributed by atoms with van der Waals surface area (Å²) in [5, 5.41) is 13.7. The number of alkyl carbamates (subject to hydrolysis) is 1. The maximum absolute atomic E-state index is 14.9. The lowest BCUT2D eigenvalue weighted by Crippen LogP contribution is -2.50. The molecule has 12 nitrogen and oxygen atoms in total. The van der Waals surface area contributed by atoms with E-state index in [1.807, 2.05) is 10.9 Å². The van der Waals surface area contributed by atoms with Crippen LogP contribution in [0.1, 0.15) is 70.2 Å². The van der Waals surface area contributed by atoms with Crippen molar-refractivity contribution in [3.05, 3.63) is 77.3 Å². The van der Waals surface area contributed by atoms with Gasteiger partial charge in [-0.1, -0.05) is 55.8 Å². The summed E-state index contributed by atoms with van der Waals surface area (Å²) in [7, 11) is 0. The van der Waals surface area contributed by atoms with Crippen LogP contribution in [0.3, 0.4) is 0 Å². The largest absolute Gasteiger partial charge is 0.447 e. The maximum Gasteiger partial charge on any atom is 0.407 e. The number of hydrogen-bond donors (Lipinski definition) is 3.